The molecule has 5 nitrogen and oxygen atoms in total. The van der Waals surface area contributed by atoms with Gasteiger partial charge in [-0.2, -0.15) is 4.79 Å². The zero-order chi connectivity index (χ0) is 18.1. The molecular formula is C19H24N2O3S. The highest BCUT2D eigenvalue weighted by Gasteiger charge is 2.29. The molecule has 1 aromatic rings. The summed E-state index contributed by atoms with van der Waals surface area (Å²) in [7, 11) is 1.65. The van der Waals surface area contributed by atoms with Gasteiger partial charge in [0.25, 0.3) is 0 Å². The second kappa shape index (κ2) is 10.1. The number of hydrogen-bond donors (Lipinski definition) is 0. The number of thioether (sulfide) groups is 1. The zero-order valence-corrected chi connectivity index (χ0v) is 15.7. The van der Waals surface area contributed by atoms with E-state index < -0.39 is 0 Å². The smallest absolute Gasteiger partial charge is 0.328 e. The monoisotopic (exact) mass is 360 g/mol. The summed E-state index contributed by atoms with van der Waals surface area (Å²) in [4.78, 5) is 5.35. The van der Waals surface area contributed by atoms with E-state index in [9.17, 15) is 5.53 Å². The molecule has 1 aromatic carbocycles. The highest BCUT2D eigenvalue weighted by molar-refractivity contribution is 8.03. The van der Waals surface area contributed by atoms with E-state index in [2.05, 4.69) is 11.7 Å². The van der Waals surface area contributed by atoms with Crippen molar-refractivity contribution in [3.8, 4) is 5.75 Å². The lowest BCUT2D eigenvalue weighted by Gasteiger charge is -2.19. The Hall–Kier alpha value is -2.01. The molecular weight excluding hydrogens is 336 g/mol. The highest BCUT2D eigenvalue weighted by atomic mass is 32.2. The van der Waals surface area contributed by atoms with Crippen LogP contribution in [0.4, 0.5) is 0 Å². The average Bonchev–Trinajstić information content (AvgIpc) is 2.65. The normalized spacial score (nSPS) is 16.8. The van der Waals surface area contributed by atoms with E-state index in [0.717, 1.165) is 28.4 Å². The second-order valence-corrected chi connectivity index (χ2v) is 6.60. The summed E-state index contributed by atoms with van der Waals surface area (Å²) in [6, 6.07) is 7.85. The first kappa shape index (κ1) is 19.3. The van der Waals surface area contributed by atoms with E-state index in [1.54, 1.807) is 24.9 Å². The topological polar surface area (TPSA) is 64.1 Å². The van der Waals surface area contributed by atoms with Crippen molar-refractivity contribution < 1.29 is 19.0 Å². The fraction of sp³-hybridized carbons (Fsp3) is 0.421. The minimum absolute atomic E-state index is 0.382. The van der Waals surface area contributed by atoms with E-state index in [4.69, 9.17) is 14.2 Å². The van der Waals surface area contributed by atoms with Crippen LogP contribution in [-0.4, -0.2) is 36.9 Å². The lowest BCUT2D eigenvalue weighted by atomic mass is 10.1. The van der Waals surface area contributed by atoms with Crippen molar-refractivity contribution in [1.29, 1.82) is 0 Å². The number of hydrogen-bond acceptors (Lipinski definition) is 4. The van der Waals surface area contributed by atoms with Gasteiger partial charge in [0.15, 0.2) is 6.10 Å². The SMILES string of the molecule is CCCOC1=CC(=[N+]=[N-])C(OCCC)C=C1Sc1cccc(OC)c1. The van der Waals surface area contributed by atoms with Crippen molar-refractivity contribution in [1.82, 2.24) is 0 Å². The van der Waals surface area contributed by atoms with Crippen LogP contribution in [0.3, 0.4) is 0 Å². The van der Waals surface area contributed by atoms with Gasteiger partial charge in [-0.05, 0) is 37.1 Å². The molecule has 0 bridgehead atoms. The number of benzene rings is 1. The van der Waals surface area contributed by atoms with E-state index in [1.807, 2.05) is 37.3 Å². The average molecular weight is 360 g/mol. The van der Waals surface area contributed by atoms with Crippen LogP contribution in [0.5, 0.6) is 5.75 Å². The quantitative estimate of drug-likeness (QED) is 0.482. The van der Waals surface area contributed by atoms with Crippen molar-refractivity contribution in [3.63, 3.8) is 0 Å². The lowest BCUT2D eigenvalue weighted by Crippen LogP contribution is -2.26. The molecule has 1 aliphatic rings. The summed E-state index contributed by atoms with van der Waals surface area (Å²) >= 11 is 1.57. The summed E-state index contributed by atoms with van der Waals surface area (Å²) in [6.07, 6.45) is 5.10. The van der Waals surface area contributed by atoms with Gasteiger partial charge in [-0.3, -0.25) is 0 Å². The molecule has 0 saturated carbocycles. The van der Waals surface area contributed by atoms with Crippen LogP contribution in [0.25, 0.3) is 5.53 Å². The van der Waals surface area contributed by atoms with Crippen LogP contribution in [0.1, 0.15) is 26.7 Å². The van der Waals surface area contributed by atoms with E-state index in [0.29, 0.717) is 24.7 Å². The Morgan fingerprint density at radius 3 is 2.68 bits per heavy atom. The van der Waals surface area contributed by atoms with E-state index in [-0.39, 0.29) is 6.10 Å². The molecule has 6 heteroatoms. The molecule has 1 atom stereocenters. The Balaban J connectivity index is 2.28. The minimum atomic E-state index is -0.382. The molecule has 0 saturated heterocycles. The van der Waals surface area contributed by atoms with Crippen LogP contribution in [0.15, 0.2) is 52.0 Å². The van der Waals surface area contributed by atoms with Crippen LogP contribution in [-0.2, 0) is 9.47 Å². The maximum absolute atomic E-state index is 9.30. The fourth-order valence-corrected chi connectivity index (χ4v) is 3.24. The Morgan fingerprint density at radius 2 is 2.00 bits per heavy atom. The standard InChI is InChI=1S/C19H24N2O3S/c1-4-9-23-17-13-19(18(24-10-5-2)12-16(17)21-20)25-15-8-6-7-14(11-15)22-3/h6-8,11-13,17H,4-5,9-10H2,1-3H3. The highest BCUT2D eigenvalue weighted by Crippen LogP contribution is 2.36. The fourth-order valence-electron chi connectivity index (χ4n) is 2.26. The van der Waals surface area contributed by atoms with Gasteiger partial charge in [0, 0.05) is 11.5 Å². The van der Waals surface area contributed by atoms with Gasteiger partial charge in [0.05, 0.1) is 24.7 Å². The maximum atomic E-state index is 9.30. The third-order valence-corrected chi connectivity index (χ3v) is 4.51. The predicted octanol–water partition coefficient (Wildman–Crippen LogP) is 4.46. The predicted molar refractivity (Wildman–Crippen MR) is 99.9 cm³/mol. The van der Waals surface area contributed by atoms with Gasteiger partial charge < -0.3 is 19.7 Å². The van der Waals surface area contributed by atoms with Crippen LogP contribution in [0.2, 0.25) is 0 Å². The van der Waals surface area contributed by atoms with Crippen molar-refractivity contribution in [3.05, 3.63) is 52.6 Å². The molecule has 0 N–H and O–H groups in total. The Bertz CT molecular complexity index is 694. The molecule has 0 fully saturated rings. The summed E-state index contributed by atoms with van der Waals surface area (Å²) in [5.74, 6) is 1.50. The van der Waals surface area contributed by atoms with Crippen molar-refractivity contribution in [2.75, 3.05) is 20.3 Å². The second-order valence-electron chi connectivity index (χ2n) is 5.49. The lowest BCUT2D eigenvalue weighted by molar-refractivity contribution is -0.0230. The molecule has 0 aromatic heterocycles. The molecule has 0 amide bonds. The Kier molecular flexibility index (Phi) is 7.79. The van der Waals surface area contributed by atoms with Crippen molar-refractivity contribution in [2.24, 2.45) is 0 Å². The number of nitrogens with zero attached hydrogens (tertiary/aromatic N) is 2. The first-order chi connectivity index (χ1) is 12.2. The Labute approximate surface area is 153 Å². The number of ether oxygens (including phenoxy) is 3. The number of rotatable bonds is 9. The molecule has 0 heterocycles. The zero-order valence-electron chi connectivity index (χ0n) is 14.9. The van der Waals surface area contributed by atoms with Gasteiger partial charge in [0.2, 0.25) is 0 Å². The molecule has 0 spiro atoms. The number of methoxy groups -OCH3 is 1. The first-order valence-electron chi connectivity index (χ1n) is 8.44. The molecule has 0 aliphatic heterocycles. The molecule has 1 unspecified atom stereocenters. The molecule has 1 aliphatic carbocycles. The maximum Gasteiger partial charge on any atom is 0.328 e. The first-order valence-corrected chi connectivity index (χ1v) is 9.25. The summed E-state index contributed by atoms with van der Waals surface area (Å²) < 4.78 is 16.9. The van der Waals surface area contributed by atoms with Gasteiger partial charge in [0.1, 0.15) is 11.5 Å². The third kappa shape index (κ3) is 5.49. The van der Waals surface area contributed by atoms with E-state index >= 15 is 0 Å². The molecule has 134 valence electrons. The Morgan fingerprint density at radius 1 is 1.20 bits per heavy atom. The van der Waals surface area contributed by atoms with Crippen LogP contribution >= 0.6 is 11.8 Å². The minimum Gasteiger partial charge on any atom is -0.497 e. The third-order valence-electron chi connectivity index (χ3n) is 3.46. The van der Waals surface area contributed by atoms with Gasteiger partial charge >= 0.3 is 5.71 Å². The van der Waals surface area contributed by atoms with Crippen LogP contribution in [0, 0.1) is 0 Å². The molecule has 0 radical (unpaired) electrons. The van der Waals surface area contributed by atoms with Crippen molar-refractivity contribution in [2.45, 2.75) is 37.7 Å². The molecule has 2 rings (SSSR count). The van der Waals surface area contributed by atoms with Crippen molar-refractivity contribution >= 4 is 17.5 Å². The summed E-state index contributed by atoms with van der Waals surface area (Å²) in [5.41, 5.74) is 9.76. The summed E-state index contributed by atoms with van der Waals surface area (Å²) in [6.45, 7) is 5.29. The largest absolute Gasteiger partial charge is 0.497 e. The van der Waals surface area contributed by atoms with Gasteiger partial charge in [-0.1, -0.05) is 31.7 Å². The van der Waals surface area contributed by atoms with Gasteiger partial charge in [-0.25, -0.2) is 0 Å². The van der Waals surface area contributed by atoms with Crippen LogP contribution < -0.4 is 4.74 Å². The van der Waals surface area contributed by atoms with E-state index in [1.165, 1.54) is 0 Å². The van der Waals surface area contributed by atoms with Gasteiger partial charge in [-0.15, -0.1) is 0 Å². The molecule has 25 heavy (non-hydrogen) atoms. The summed E-state index contributed by atoms with van der Waals surface area (Å²) in [5, 5.41) is 0.